The third kappa shape index (κ3) is 3.57. The number of amides is 1. The van der Waals surface area contributed by atoms with Crippen LogP contribution in [0.1, 0.15) is 18.1 Å². The summed E-state index contributed by atoms with van der Waals surface area (Å²) in [5.41, 5.74) is 3.15. The molecule has 1 N–H and O–H groups in total. The molecule has 0 saturated heterocycles. The molecule has 0 aliphatic rings. The molecule has 1 amide bonds. The first-order valence-corrected chi connectivity index (χ1v) is 8.12. The molecule has 0 atom stereocenters. The summed E-state index contributed by atoms with van der Waals surface area (Å²) in [4.78, 5) is 17.7. The molecule has 3 nitrogen and oxygen atoms in total. The van der Waals surface area contributed by atoms with E-state index < -0.39 is 0 Å². The molecular formula is C19H19ClN2O. The molecule has 3 aromatic rings. The van der Waals surface area contributed by atoms with Crippen LogP contribution in [0, 0.1) is 0 Å². The number of likely N-dealkylation sites (N-methyl/N-ethyl adjacent to an activating group) is 1. The number of H-pyrrole nitrogens is 1. The fraction of sp³-hybridized carbons (Fsp3) is 0.211. The van der Waals surface area contributed by atoms with Crippen molar-refractivity contribution in [3.63, 3.8) is 0 Å². The van der Waals surface area contributed by atoms with Gasteiger partial charge in [-0.2, -0.15) is 0 Å². The third-order valence-corrected chi connectivity index (χ3v) is 4.25. The fourth-order valence-corrected chi connectivity index (χ4v) is 3.00. The van der Waals surface area contributed by atoms with E-state index in [-0.39, 0.29) is 5.91 Å². The summed E-state index contributed by atoms with van der Waals surface area (Å²) in [6.45, 7) is 3.25. The van der Waals surface area contributed by atoms with E-state index >= 15 is 0 Å². The van der Waals surface area contributed by atoms with E-state index in [1.165, 1.54) is 0 Å². The molecule has 23 heavy (non-hydrogen) atoms. The van der Waals surface area contributed by atoms with Crippen LogP contribution in [0.4, 0.5) is 0 Å². The number of nitrogens with zero attached hydrogens (tertiary/aromatic N) is 1. The Balaban J connectivity index is 1.75. The predicted molar refractivity (Wildman–Crippen MR) is 94.5 cm³/mol. The van der Waals surface area contributed by atoms with Crippen molar-refractivity contribution in [2.75, 3.05) is 6.54 Å². The summed E-state index contributed by atoms with van der Waals surface area (Å²) >= 11 is 6.02. The average molecular weight is 327 g/mol. The van der Waals surface area contributed by atoms with Crippen molar-refractivity contribution in [2.45, 2.75) is 19.9 Å². The number of carbonyl (C=O) groups is 1. The van der Waals surface area contributed by atoms with Gasteiger partial charge in [0.25, 0.3) is 0 Å². The second kappa shape index (κ2) is 6.88. The Labute approximate surface area is 140 Å². The number of fused-ring (bicyclic) bond motifs is 1. The largest absolute Gasteiger partial charge is 0.361 e. The number of hydrogen-bond acceptors (Lipinski definition) is 1. The minimum absolute atomic E-state index is 0.122. The summed E-state index contributed by atoms with van der Waals surface area (Å²) < 4.78 is 0. The highest BCUT2D eigenvalue weighted by Crippen LogP contribution is 2.19. The Hall–Kier alpha value is -2.26. The normalized spacial score (nSPS) is 10.9. The molecular weight excluding hydrogens is 308 g/mol. The van der Waals surface area contributed by atoms with Crippen LogP contribution in [0.3, 0.4) is 0 Å². The quantitative estimate of drug-likeness (QED) is 0.740. The van der Waals surface area contributed by atoms with Gasteiger partial charge in [0.1, 0.15) is 0 Å². The van der Waals surface area contributed by atoms with E-state index in [1.54, 1.807) is 0 Å². The van der Waals surface area contributed by atoms with E-state index in [0.29, 0.717) is 24.5 Å². The van der Waals surface area contributed by atoms with Gasteiger partial charge in [-0.25, -0.2) is 0 Å². The Bertz CT molecular complexity index is 825. The molecule has 0 saturated carbocycles. The second-order valence-corrected chi connectivity index (χ2v) is 6.01. The number of rotatable bonds is 5. The number of nitrogens with one attached hydrogen (secondary N) is 1. The lowest BCUT2D eigenvalue weighted by Gasteiger charge is -2.21. The summed E-state index contributed by atoms with van der Waals surface area (Å²) in [6, 6.07) is 15.7. The summed E-state index contributed by atoms with van der Waals surface area (Å²) in [5, 5.41) is 1.81. The Morgan fingerprint density at radius 3 is 2.78 bits per heavy atom. The highest BCUT2D eigenvalue weighted by Gasteiger charge is 2.15. The zero-order chi connectivity index (χ0) is 16.2. The SMILES string of the molecule is CCN(Cc1cccc(Cl)c1)C(=O)Cc1c[nH]c2ccccc12. The van der Waals surface area contributed by atoms with Crippen LogP contribution in [-0.2, 0) is 17.8 Å². The predicted octanol–water partition coefficient (Wildman–Crippen LogP) is 4.41. The number of aromatic amines is 1. The summed E-state index contributed by atoms with van der Waals surface area (Å²) in [6.07, 6.45) is 2.33. The first kappa shape index (κ1) is 15.6. The van der Waals surface area contributed by atoms with Crippen molar-refractivity contribution >= 4 is 28.4 Å². The van der Waals surface area contributed by atoms with Gasteiger partial charge >= 0.3 is 0 Å². The van der Waals surface area contributed by atoms with Crippen LogP contribution in [-0.4, -0.2) is 22.3 Å². The van der Waals surface area contributed by atoms with Gasteiger partial charge in [-0.3, -0.25) is 4.79 Å². The van der Waals surface area contributed by atoms with Crippen LogP contribution >= 0.6 is 11.6 Å². The average Bonchev–Trinajstić information content (AvgIpc) is 2.96. The van der Waals surface area contributed by atoms with Crippen LogP contribution in [0.2, 0.25) is 5.02 Å². The Morgan fingerprint density at radius 1 is 1.17 bits per heavy atom. The molecule has 1 aromatic heterocycles. The van der Waals surface area contributed by atoms with E-state index in [2.05, 4.69) is 4.98 Å². The minimum Gasteiger partial charge on any atom is -0.361 e. The van der Waals surface area contributed by atoms with Crippen molar-refractivity contribution < 1.29 is 4.79 Å². The second-order valence-electron chi connectivity index (χ2n) is 5.57. The Morgan fingerprint density at radius 2 is 2.00 bits per heavy atom. The maximum atomic E-state index is 12.7. The number of carbonyl (C=O) groups excluding carboxylic acids is 1. The summed E-state index contributed by atoms with van der Waals surface area (Å²) in [7, 11) is 0. The highest BCUT2D eigenvalue weighted by molar-refractivity contribution is 6.30. The first-order chi connectivity index (χ1) is 11.2. The lowest BCUT2D eigenvalue weighted by Crippen LogP contribution is -2.31. The van der Waals surface area contributed by atoms with Crippen LogP contribution in [0.25, 0.3) is 10.9 Å². The van der Waals surface area contributed by atoms with Gasteiger partial charge in [0.05, 0.1) is 6.42 Å². The zero-order valence-electron chi connectivity index (χ0n) is 13.1. The molecule has 0 fully saturated rings. The van der Waals surface area contributed by atoms with Crippen LogP contribution in [0.15, 0.2) is 54.7 Å². The van der Waals surface area contributed by atoms with Gasteiger partial charge in [-0.05, 0) is 36.2 Å². The van der Waals surface area contributed by atoms with Gasteiger partial charge in [-0.1, -0.05) is 41.9 Å². The number of hydrogen-bond donors (Lipinski definition) is 1. The van der Waals surface area contributed by atoms with Gasteiger partial charge < -0.3 is 9.88 Å². The lowest BCUT2D eigenvalue weighted by atomic mass is 10.1. The number of halogens is 1. The monoisotopic (exact) mass is 326 g/mol. The molecule has 4 heteroatoms. The van der Waals surface area contributed by atoms with Crippen LogP contribution in [0.5, 0.6) is 0 Å². The topological polar surface area (TPSA) is 36.1 Å². The van der Waals surface area contributed by atoms with Gasteiger partial charge in [0, 0.05) is 35.2 Å². The third-order valence-electron chi connectivity index (χ3n) is 4.01. The molecule has 0 aliphatic heterocycles. The summed E-state index contributed by atoms with van der Waals surface area (Å²) in [5.74, 6) is 0.122. The zero-order valence-corrected chi connectivity index (χ0v) is 13.8. The molecule has 0 spiro atoms. The standard InChI is InChI=1S/C19H19ClN2O/c1-2-22(13-14-6-5-7-16(20)10-14)19(23)11-15-12-21-18-9-4-3-8-17(15)18/h3-10,12,21H,2,11,13H2,1H3. The maximum absolute atomic E-state index is 12.7. The molecule has 2 aromatic carbocycles. The van der Waals surface area contributed by atoms with Gasteiger partial charge in [-0.15, -0.1) is 0 Å². The highest BCUT2D eigenvalue weighted by atomic mass is 35.5. The molecule has 1 heterocycles. The lowest BCUT2D eigenvalue weighted by molar-refractivity contribution is -0.130. The molecule has 3 rings (SSSR count). The molecule has 0 aliphatic carbocycles. The number of para-hydroxylation sites is 1. The fourth-order valence-electron chi connectivity index (χ4n) is 2.78. The van der Waals surface area contributed by atoms with Crippen molar-refractivity contribution in [2.24, 2.45) is 0 Å². The molecule has 0 unspecified atom stereocenters. The van der Waals surface area contributed by atoms with Crippen molar-refractivity contribution in [1.29, 1.82) is 0 Å². The Kier molecular flexibility index (Phi) is 4.68. The van der Waals surface area contributed by atoms with Crippen molar-refractivity contribution in [3.05, 3.63) is 70.9 Å². The first-order valence-electron chi connectivity index (χ1n) is 7.74. The smallest absolute Gasteiger partial charge is 0.227 e. The van der Waals surface area contributed by atoms with Crippen molar-refractivity contribution in [3.8, 4) is 0 Å². The maximum Gasteiger partial charge on any atom is 0.227 e. The van der Waals surface area contributed by atoms with E-state index in [0.717, 1.165) is 22.0 Å². The number of benzene rings is 2. The van der Waals surface area contributed by atoms with E-state index in [1.807, 2.05) is 66.6 Å². The number of aromatic nitrogens is 1. The van der Waals surface area contributed by atoms with Gasteiger partial charge in [0.2, 0.25) is 5.91 Å². The molecule has 118 valence electrons. The molecule has 0 bridgehead atoms. The van der Waals surface area contributed by atoms with Gasteiger partial charge in [0.15, 0.2) is 0 Å². The van der Waals surface area contributed by atoms with E-state index in [9.17, 15) is 4.79 Å². The van der Waals surface area contributed by atoms with Crippen molar-refractivity contribution in [1.82, 2.24) is 9.88 Å². The minimum atomic E-state index is 0.122. The molecule has 0 radical (unpaired) electrons. The van der Waals surface area contributed by atoms with E-state index in [4.69, 9.17) is 11.6 Å². The van der Waals surface area contributed by atoms with Crippen LogP contribution < -0.4 is 0 Å².